The lowest BCUT2D eigenvalue weighted by Crippen LogP contribution is -1.86. The Bertz CT molecular complexity index is 521. The molecule has 0 amide bonds. The summed E-state index contributed by atoms with van der Waals surface area (Å²) in [4.78, 5) is 4.30. The van der Waals surface area contributed by atoms with E-state index in [1.165, 1.54) is 7.11 Å². The van der Waals surface area contributed by atoms with Gasteiger partial charge in [0.25, 0.3) is 0 Å². The molecule has 0 aliphatic carbocycles. The number of nitrogens with zero attached hydrogens (tertiary/aromatic N) is 1. The Balaban J connectivity index is 2.19. The summed E-state index contributed by atoms with van der Waals surface area (Å²) in [6, 6.07) is 14.8. The van der Waals surface area contributed by atoms with E-state index in [4.69, 9.17) is 4.74 Å². The molecule has 0 radical (unpaired) electrons. The number of aromatic hydroxyl groups is 1. The van der Waals surface area contributed by atoms with Crippen molar-refractivity contribution in [3.05, 3.63) is 54.1 Å². The van der Waals surface area contributed by atoms with Gasteiger partial charge in [0.15, 0.2) is 11.5 Å². The fourth-order valence-corrected chi connectivity index (χ4v) is 1.45. The van der Waals surface area contributed by atoms with E-state index < -0.39 is 0 Å². The molecule has 86 valence electrons. The first-order valence-corrected chi connectivity index (χ1v) is 5.26. The van der Waals surface area contributed by atoms with Crippen LogP contribution in [-0.4, -0.2) is 18.4 Å². The maximum absolute atomic E-state index is 9.60. The van der Waals surface area contributed by atoms with Gasteiger partial charge in [0.05, 0.1) is 12.8 Å². The number of para-hydroxylation sites is 1. The van der Waals surface area contributed by atoms with Crippen LogP contribution in [0.1, 0.15) is 5.56 Å². The molecule has 0 aliphatic heterocycles. The van der Waals surface area contributed by atoms with Crippen LogP contribution in [0, 0.1) is 0 Å². The highest BCUT2D eigenvalue weighted by atomic mass is 16.5. The Morgan fingerprint density at radius 1 is 1.12 bits per heavy atom. The van der Waals surface area contributed by atoms with Gasteiger partial charge in [-0.25, -0.2) is 0 Å². The highest BCUT2D eigenvalue weighted by Crippen LogP contribution is 2.25. The minimum Gasteiger partial charge on any atom is -0.504 e. The average Bonchev–Trinajstić information content (AvgIpc) is 2.38. The third kappa shape index (κ3) is 2.84. The molecule has 0 saturated heterocycles. The van der Waals surface area contributed by atoms with Gasteiger partial charge < -0.3 is 9.84 Å². The van der Waals surface area contributed by atoms with Gasteiger partial charge in [0, 0.05) is 6.21 Å². The van der Waals surface area contributed by atoms with Gasteiger partial charge in [-0.3, -0.25) is 4.99 Å². The Kier molecular flexibility index (Phi) is 3.40. The van der Waals surface area contributed by atoms with E-state index in [-0.39, 0.29) is 5.75 Å². The first kappa shape index (κ1) is 11.2. The smallest absolute Gasteiger partial charge is 0.160 e. The summed E-state index contributed by atoms with van der Waals surface area (Å²) >= 11 is 0. The van der Waals surface area contributed by atoms with Crippen molar-refractivity contribution < 1.29 is 9.84 Å². The molecule has 3 heteroatoms. The molecule has 0 fully saturated rings. The van der Waals surface area contributed by atoms with Crippen LogP contribution >= 0.6 is 0 Å². The lowest BCUT2D eigenvalue weighted by Gasteiger charge is -2.02. The van der Waals surface area contributed by atoms with E-state index in [1.807, 2.05) is 36.4 Å². The van der Waals surface area contributed by atoms with Crippen molar-refractivity contribution in [2.24, 2.45) is 4.99 Å². The Morgan fingerprint density at radius 3 is 2.53 bits per heavy atom. The number of rotatable bonds is 3. The number of hydrogen-bond acceptors (Lipinski definition) is 3. The predicted octanol–water partition coefficient (Wildman–Crippen LogP) is 3.15. The number of phenolic OH excluding ortho intramolecular Hbond substituents is 1. The summed E-state index contributed by atoms with van der Waals surface area (Å²) in [6.45, 7) is 0. The topological polar surface area (TPSA) is 41.8 Å². The van der Waals surface area contributed by atoms with Crippen LogP contribution in [0.25, 0.3) is 0 Å². The lowest BCUT2D eigenvalue weighted by atomic mass is 10.2. The summed E-state index contributed by atoms with van der Waals surface area (Å²) < 4.78 is 4.97. The second-order valence-corrected chi connectivity index (χ2v) is 3.53. The predicted molar refractivity (Wildman–Crippen MR) is 68.4 cm³/mol. The summed E-state index contributed by atoms with van der Waals surface area (Å²) in [7, 11) is 1.52. The fraction of sp³-hybridized carbons (Fsp3) is 0.0714. The van der Waals surface area contributed by atoms with Gasteiger partial charge in [0.2, 0.25) is 0 Å². The van der Waals surface area contributed by atoms with Gasteiger partial charge >= 0.3 is 0 Å². The number of aliphatic imine (C=N–C) groups is 1. The molecule has 0 atom stereocenters. The van der Waals surface area contributed by atoms with Gasteiger partial charge in [-0.1, -0.05) is 18.2 Å². The van der Waals surface area contributed by atoms with Gasteiger partial charge in [0.1, 0.15) is 0 Å². The third-order valence-corrected chi connectivity index (χ3v) is 2.32. The molecule has 0 spiro atoms. The van der Waals surface area contributed by atoms with E-state index in [1.54, 1.807) is 18.3 Å². The second kappa shape index (κ2) is 5.16. The lowest BCUT2D eigenvalue weighted by molar-refractivity contribution is 0.373. The highest BCUT2D eigenvalue weighted by molar-refractivity contribution is 5.83. The van der Waals surface area contributed by atoms with Crippen LogP contribution in [0.4, 0.5) is 5.69 Å². The maximum atomic E-state index is 9.60. The molecule has 0 unspecified atom stereocenters. The standard InChI is InChI=1S/C14H13NO2/c1-17-14-8-7-11(9-13(14)16)10-15-12-5-3-2-4-6-12/h2-10,16H,1H3. The molecule has 2 aromatic carbocycles. The number of phenols is 1. The normalized spacial score (nSPS) is 10.6. The number of ether oxygens (including phenoxy) is 1. The summed E-state index contributed by atoms with van der Waals surface area (Å²) in [5.41, 5.74) is 1.70. The number of methoxy groups -OCH3 is 1. The van der Waals surface area contributed by atoms with Crippen LogP contribution in [0.5, 0.6) is 11.5 Å². The third-order valence-electron chi connectivity index (χ3n) is 2.32. The zero-order valence-electron chi connectivity index (χ0n) is 9.50. The minimum absolute atomic E-state index is 0.115. The van der Waals surface area contributed by atoms with E-state index in [0.717, 1.165) is 11.3 Å². The van der Waals surface area contributed by atoms with Gasteiger partial charge in [-0.2, -0.15) is 0 Å². The van der Waals surface area contributed by atoms with E-state index >= 15 is 0 Å². The van der Waals surface area contributed by atoms with Gasteiger partial charge in [-0.15, -0.1) is 0 Å². The number of hydrogen-bond donors (Lipinski definition) is 1. The summed E-state index contributed by atoms with van der Waals surface area (Å²) in [5.74, 6) is 0.575. The first-order chi connectivity index (χ1) is 8.29. The second-order valence-electron chi connectivity index (χ2n) is 3.53. The quantitative estimate of drug-likeness (QED) is 0.818. The zero-order chi connectivity index (χ0) is 12.1. The molecule has 3 nitrogen and oxygen atoms in total. The van der Waals surface area contributed by atoms with Crippen molar-refractivity contribution in [3.8, 4) is 11.5 Å². The maximum Gasteiger partial charge on any atom is 0.160 e. The van der Waals surface area contributed by atoms with Crippen LogP contribution in [0.3, 0.4) is 0 Å². The van der Waals surface area contributed by atoms with Crippen molar-refractivity contribution in [2.75, 3.05) is 7.11 Å². The number of benzene rings is 2. The molecule has 2 aromatic rings. The van der Waals surface area contributed by atoms with Crippen LogP contribution < -0.4 is 4.74 Å². The van der Waals surface area contributed by atoms with Crippen LogP contribution in [-0.2, 0) is 0 Å². The molecule has 0 aromatic heterocycles. The Morgan fingerprint density at radius 2 is 1.88 bits per heavy atom. The molecular weight excluding hydrogens is 214 g/mol. The van der Waals surface area contributed by atoms with Gasteiger partial charge in [-0.05, 0) is 35.9 Å². The Labute approximate surface area is 100 Å². The van der Waals surface area contributed by atoms with Crippen molar-refractivity contribution >= 4 is 11.9 Å². The van der Waals surface area contributed by atoms with Crippen molar-refractivity contribution in [2.45, 2.75) is 0 Å². The molecule has 17 heavy (non-hydrogen) atoms. The van der Waals surface area contributed by atoms with E-state index in [9.17, 15) is 5.11 Å². The van der Waals surface area contributed by atoms with Crippen LogP contribution in [0.15, 0.2) is 53.5 Å². The summed E-state index contributed by atoms with van der Waals surface area (Å²) in [6.07, 6.45) is 1.70. The van der Waals surface area contributed by atoms with E-state index in [2.05, 4.69) is 4.99 Å². The molecule has 0 heterocycles. The molecule has 0 aliphatic rings. The highest BCUT2D eigenvalue weighted by Gasteiger charge is 2.00. The molecule has 0 saturated carbocycles. The molecule has 2 rings (SSSR count). The molecular formula is C14H13NO2. The van der Waals surface area contributed by atoms with Crippen molar-refractivity contribution in [1.82, 2.24) is 0 Å². The fourth-order valence-electron chi connectivity index (χ4n) is 1.45. The minimum atomic E-state index is 0.115. The van der Waals surface area contributed by atoms with Crippen molar-refractivity contribution in [3.63, 3.8) is 0 Å². The van der Waals surface area contributed by atoms with E-state index in [0.29, 0.717) is 5.75 Å². The summed E-state index contributed by atoms with van der Waals surface area (Å²) in [5, 5.41) is 9.60. The average molecular weight is 227 g/mol. The van der Waals surface area contributed by atoms with Crippen LogP contribution in [0.2, 0.25) is 0 Å². The SMILES string of the molecule is COc1ccc(C=Nc2ccccc2)cc1O. The largest absolute Gasteiger partial charge is 0.504 e. The Hall–Kier alpha value is -2.29. The zero-order valence-corrected chi connectivity index (χ0v) is 9.50. The molecule has 0 bridgehead atoms. The molecule has 1 N–H and O–H groups in total. The van der Waals surface area contributed by atoms with Crippen molar-refractivity contribution in [1.29, 1.82) is 0 Å². The first-order valence-electron chi connectivity index (χ1n) is 5.26. The monoisotopic (exact) mass is 227 g/mol.